The lowest BCUT2D eigenvalue weighted by atomic mass is 9.74. The lowest BCUT2D eigenvalue weighted by Crippen LogP contribution is -2.41. The number of rotatable bonds is 4. The molecule has 0 spiro atoms. The summed E-state index contributed by atoms with van der Waals surface area (Å²) in [6.07, 6.45) is 11.8. The van der Waals surface area contributed by atoms with Gasteiger partial charge in [0.05, 0.1) is 6.20 Å². The Morgan fingerprint density at radius 3 is 2.90 bits per heavy atom. The molecule has 4 nitrogen and oxygen atoms in total. The number of aryl methyl sites for hydroxylation is 1. The van der Waals surface area contributed by atoms with Crippen LogP contribution in [0.3, 0.4) is 0 Å². The summed E-state index contributed by atoms with van der Waals surface area (Å²) < 4.78 is 2.02. The van der Waals surface area contributed by atoms with Crippen LogP contribution < -0.4 is 5.32 Å². The first kappa shape index (κ1) is 14.1. The van der Waals surface area contributed by atoms with E-state index >= 15 is 0 Å². The van der Waals surface area contributed by atoms with E-state index in [9.17, 15) is 5.11 Å². The van der Waals surface area contributed by atoms with E-state index in [0.717, 1.165) is 13.0 Å². The Balaban J connectivity index is 1.66. The predicted molar refractivity (Wildman–Crippen MR) is 79.5 cm³/mol. The number of nitrogens with one attached hydrogen (secondary N) is 1. The van der Waals surface area contributed by atoms with Crippen molar-refractivity contribution < 1.29 is 5.11 Å². The smallest absolute Gasteiger partial charge is 0.0540 e. The van der Waals surface area contributed by atoms with E-state index < -0.39 is 0 Å². The summed E-state index contributed by atoms with van der Waals surface area (Å²) >= 11 is 0. The largest absolute Gasteiger partial charge is 0.396 e. The molecule has 2 N–H and O–H groups in total. The molecule has 1 aromatic heterocycles. The van der Waals surface area contributed by atoms with Gasteiger partial charge in [-0.05, 0) is 32.1 Å². The van der Waals surface area contributed by atoms with Gasteiger partial charge in [0, 0.05) is 42.9 Å². The van der Waals surface area contributed by atoms with Crippen LogP contribution >= 0.6 is 0 Å². The van der Waals surface area contributed by atoms with Gasteiger partial charge in [0.15, 0.2) is 0 Å². The van der Waals surface area contributed by atoms with Crippen molar-refractivity contribution >= 4 is 0 Å². The van der Waals surface area contributed by atoms with Crippen molar-refractivity contribution in [3.8, 4) is 0 Å². The van der Waals surface area contributed by atoms with Gasteiger partial charge in [-0.1, -0.05) is 19.3 Å². The number of aromatic nitrogens is 2. The SMILES string of the molecule is Cn1ncc2c1CCCC2NCC1(CO)CCCCC1. The molecule has 0 aliphatic heterocycles. The highest BCUT2D eigenvalue weighted by atomic mass is 16.3. The molecule has 1 saturated carbocycles. The van der Waals surface area contributed by atoms with Crippen LogP contribution in [0.2, 0.25) is 0 Å². The lowest BCUT2D eigenvalue weighted by molar-refractivity contribution is 0.0775. The molecule has 2 aliphatic rings. The van der Waals surface area contributed by atoms with Crippen LogP contribution in [0.1, 0.15) is 62.2 Å². The molecule has 0 bridgehead atoms. The molecule has 0 saturated heterocycles. The second-order valence-electron chi connectivity index (χ2n) is 6.71. The number of aliphatic hydroxyl groups is 1. The fourth-order valence-electron chi connectivity index (χ4n) is 3.95. The summed E-state index contributed by atoms with van der Waals surface area (Å²) in [5.74, 6) is 0. The van der Waals surface area contributed by atoms with Crippen molar-refractivity contribution in [2.75, 3.05) is 13.2 Å². The van der Waals surface area contributed by atoms with Gasteiger partial charge in [-0.25, -0.2) is 0 Å². The van der Waals surface area contributed by atoms with Gasteiger partial charge in [0.1, 0.15) is 0 Å². The van der Waals surface area contributed by atoms with Crippen LogP contribution in [0.5, 0.6) is 0 Å². The molecule has 3 rings (SSSR count). The predicted octanol–water partition coefficient (Wildman–Crippen LogP) is 2.33. The maximum absolute atomic E-state index is 9.81. The van der Waals surface area contributed by atoms with Crippen molar-refractivity contribution in [1.29, 1.82) is 0 Å². The van der Waals surface area contributed by atoms with Crippen LogP contribution in [0, 0.1) is 5.41 Å². The van der Waals surface area contributed by atoms with Crippen LogP contribution in [-0.2, 0) is 13.5 Å². The highest BCUT2D eigenvalue weighted by Crippen LogP contribution is 2.37. The molecule has 2 aliphatic carbocycles. The van der Waals surface area contributed by atoms with Crippen LogP contribution in [-0.4, -0.2) is 28.0 Å². The Morgan fingerprint density at radius 2 is 2.15 bits per heavy atom. The molecule has 1 aromatic rings. The van der Waals surface area contributed by atoms with Crippen molar-refractivity contribution in [2.24, 2.45) is 12.5 Å². The molecule has 20 heavy (non-hydrogen) atoms. The number of hydrogen-bond donors (Lipinski definition) is 2. The Hall–Kier alpha value is -0.870. The lowest BCUT2D eigenvalue weighted by Gasteiger charge is -2.37. The topological polar surface area (TPSA) is 50.1 Å². The first-order valence-corrected chi connectivity index (χ1v) is 8.09. The fraction of sp³-hybridized carbons (Fsp3) is 0.812. The first-order valence-electron chi connectivity index (χ1n) is 8.09. The third-order valence-corrected chi connectivity index (χ3v) is 5.35. The van der Waals surface area contributed by atoms with E-state index in [2.05, 4.69) is 10.4 Å². The summed E-state index contributed by atoms with van der Waals surface area (Å²) in [5, 5.41) is 18.0. The van der Waals surface area contributed by atoms with E-state index in [1.165, 1.54) is 56.2 Å². The number of hydrogen-bond acceptors (Lipinski definition) is 3. The molecule has 0 aromatic carbocycles. The average Bonchev–Trinajstić information content (AvgIpc) is 2.88. The van der Waals surface area contributed by atoms with E-state index in [4.69, 9.17) is 0 Å². The third-order valence-electron chi connectivity index (χ3n) is 5.35. The van der Waals surface area contributed by atoms with Crippen molar-refractivity contribution in [3.05, 3.63) is 17.5 Å². The van der Waals surface area contributed by atoms with Crippen LogP contribution in [0.4, 0.5) is 0 Å². The molecule has 4 heteroatoms. The molecular formula is C16H27N3O. The third kappa shape index (κ3) is 2.63. The molecule has 1 unspecified atom stereocenters. The van der Waals surface area contributed by atoms with Crippen molar-refractivity contribution in [3.63, 3.8) is 0 Å². The van der Waals surface area contributed by atoms with E-state index in [1.54, 1.807) is 0 Å². The first-order chi connectivity index (χ1) is 9.74. The monoisotopic (exact) mass is 277 g/mol. The van der Waals surface area contributed by atoms with Gasteiger partial charge < -0.3 is 10.4 Å². The van der Waals surface area contributed by atoms with Crippen molar-refractivity contribution in [2.45, 2.75) is 57.4 Å². The molecule has 1 heterocycles. The highest BCUT2D eigenvalue weighted by Gasteiger charge is 2.33. The minimum atomic E-state index is 0.123. The minimum absolute atomic E-state index is 0.123. The summed E-state index contributed by atoms with van der Waals surface area (Å²) in [6, 6.07) is 0.429. The van der Waals surface area contributed by atoms with Crippen LogP contribution in [0.25, 0.3) is 0 Å². The second-order valence-corrected chi connectivity index (χ2v) is 6.71. The van der Waals surface area contributed by atoms with E-state index in [0.29, 0.717) is 12.6 Å². The van der Waals surface area contributed by atoms with E-state index in [-0.39, 0.29) is 5.41 Å². The van der Waals surface area contributed by atoms with Gasteiger partial charge in [0.25, 0.3) is 0 Å². The fourth-order valence-corrected chi connectivity index (χ4v) is 3.95. The summed E-state index contributed by atoms with van der Waals surface area (Å²) in [4.78, 5) is 0. The van der Waals surface area contributed by atoms with Gasteiger partial charge in [0.2, 0.25) is 0 Å². The molecule has 1 atom stereocenters. The maximum atomic E-state index is 9.81. The zero-order valence-electron chi connectivity index (χ0n) is 12.6. The minimum Gasteiger partial charge on any atom is -0.396 e. The second kappa shape index (κ2) is 5.86. The Morgan fingerprint density at radius 1 is 1.35 bits per heavy atom. The molecule has 1 fully saturated rings. The highest BCUT2D eigenvalue weighted by molar-refractivity contribution is 5.24. The van der Waals surface area contributed by atoms with Crippen LogP contribution in [0.15, 0.2) is 6.20 Å². The number of fused-ring (bicyclic) bond motifs is 1. The standard InChI is InChI=1S/C16H27N3O/c1-19-15-7-5-6-14(13(15)10-18-19)17-11-16(12-20)8-3-2-4-9-16/h10,14,17,20H,2-9,11-12H2,1H3. The van der Waals surface area contributed by atoms with Crippen molar-refractivity contribution in [1.82, 2.24) is 15.1 Å². The average molecular weight is 277 g/mol. The van der Waals surface area contributed by atoms with E-state index in [1.807, 2.05) is 17.9 Å². The summed E-state index contributed by atoms with van der Waals surface area (Å²) in [7, 11) is 2.04. The Bertz CT molecular complexity index is 449. The van der Waals surface area contributed by atoms with Gasteiger partial charge in [-0.2, -0.15) is 5.10 Å². The molecule has 0 amide bonds. The molecular weight excluding hydrogens is 250 g/mol. The Kier molecular flexibility index (Phi) is 4.13. The van der Waals surface area contributed by atoms with Gasteiger partial charge in [-0.15, -0.1) is 0 Å². The normalized spacial score (nSPS) is 25.4. The summed E-state index contributed by atoms with van der Waals surface area (Å²) in [5.41, 5.74) is 2.89. The quantitative estimate of drug-likeness (QED) is 0.888. The molecule has 112 valence electrons. The number of aliphatic hydroxyl groups excluding tert-OH is 1. The summed E-state index contributed by atoms with van der Waals surface area (Å²) in [6.45, 7) is 1.27. The van der Waals surface area contributed by atoms with Gasteiger partial charge in [-0.3, -0.25) is 4.68 Å². The molecule has 0 radical (unpaired) electrons. The van der Waals surface area contributed by atoms with Gasteiger partial charge >= 0.3 is 0 Å². The zero-order valence-corrected chi connectivity index (χ0v) is 12.6. The Labute approximate surface area is 121 Å². The maximum Gasteiger partial charge on any atom is 0.0540 e. The zero-order chi connectivity index (χ0) is 14.0. The number of nitrogens with zero attached hydrogens (tertiary/aromatic N) is 2.